The minimum Gasteiger partial charge on any atom is -0.396 e. The molecule has 2 atom stereocenters. The van der Waals surface area contributed by atoms with Crippen molar-refractivity contribution >= 4 is 0 Å². The van der Waals surface area contributed by atoms with Gasteiger partial charge >= 0.3 is 6.18 Å². The van der Waals surface area contributed by atoms with Crippen LogP contribution in [0.25, 0.3) is 10.4 Å². The quantitative estimate of drug-likeness (QED) is 0.466. The van der Waals surface area contributed by atoms with Gasteiger partial charge in [-0.3, -0.25) is 0 Å². The van der Waals surface area contributed by atoms with E-state index in [0.29, 0.717) is 0 Å². The van der Waals surface area contributed by atoms with E-state index in [1.54, 1.807) is 0 Å². The first-order valence-corrected chi connectivity index (χ1v) is 4.51. The summed E-state index contributed by atoms with van der Waals surface area (Å²) in [4.78, 5) is 2.26. The molecule has 0 aliphatic rings. The fourth-order valence-electron chi connectivity index (χ4n) is 1.00. The number of halogens is 3. The largest absolute Gasteiger partial charge is 0.415 e. The van der Waals surface area contributed by atoms with Crippen LogP contribution in [0.2, 0.25) is 0 Å². The molecule has 0 rings (SSSR count). The SMILES string of the molecule is CC(C)(C)O[C@@H]([C@H](CO)N=[N+]=[N-])C(F)(F)F. The molecule has 0 radical (unpaired) electrons. The van der Waals surface area contributed by atoms with E-state index < -0.39 is 30.5 Å². The molecule has 0 aromatic rings. The van der Waals surface area contributed by atoms with Gasteiger partial charge in [-0.2, -0.15) is 13.2 Å². The van der Waals surface area contributed by atoms with Gasteiger partial charge in [0.1, 0.15) is 0 Å². The highest BCUT2D eigenvalue weighted by molar-refractivity contribution is 4.85. The first-order valence-electron chi connectivity index (χ1n) is 4.51. The summed E-state index contributed by atoms with van der Waals surface area (Å²) in [5.74, 6) is 0. The molecule has 8 heteroatoms. The Kier molecular flexibility index (Phi) is 5.05. The van der Waals surface area contributed by atoms with Gasteiger partial charge in [0.2, 0.25) is 0 Å². The summed E-state index contributed by atoms with van der Waals surface area (Å²) in [6, 6.07) is -1.68. The van der Waals surface area contributed by atoms with E-state index in [1.807, 2.05) is 0 Å². The lowest BCUT2D eigenvalue weighted by atomic mass is 10.1. The Hall–Kier alpha value is -0.980. The van der Waals surface area contributed by atoms with Crippen molar-refractivity contribution in [2.24, 2.45) is 5.11 Å². The van der Waals surface area contributed by atoms with E-state index in [4.69, 9.17) is 15.4 Å². The van der Waals surface area contributed by atoms with E-state index in [-0.39, 0.29) is 0 Å². The monoisotopic (exact) mass is 241 g/mol. The summed E-state index contributed by atoms with van der Waals surface area (Å²) in [5.41, 5.74) is 7.05. The van der Waals surface area contributed by atoms with Crippen LogP contribution in [-0.4, -0.2) is 35.6 Å². The number of nitrogens with zero attached hydrogens (tertiary/aromatic N) is 3. The maximum Gasteiger partial charge on any atom is 0.415 e. The third-order valence-electron chi connectivity index (χ3n) is 1.54. The molecule has 0 saturated heterocycles. The molecule has 0 spiro atoms. The number of rotatable bonds is 4. The van der Waals surface area contributed by atoms with Crippen molar-refractivity contribution in [3.05, 3.63) is 10.4 Å². The van der Waals surface area contributed by atoms with Crippen LogP contribution in [0, 0.1) is 0 Å². The Balaban J connectivity index is 5.00. The Labute approximate surface area is 90.8 Å². The van der Waals surface area contributed by atoms with Crippen LogP contribution in [0.1, 0.15) is 20.8 Å². The van der Waals surface area contributed by atoms with Crippen LogP contribution in [0.4, 0.5) is 13.2 Å². The van der Waals surface area contributed by atoms with Gasteiger partial charge in [0, 0.05) is 4.91 Å². The molecule has 0 heterocycles. The molecule has 0 saturated carbocycles. The molecule has 16 heavy (non-hydrogen) atoms. The Morgan fingerprint density at radius 3 is 2.12 bits per heavy atom. The van der Waals surface area contributed by atoms with Crippen LogP contribution in [-0.2, 0) is 4.74 Å². The highest BCUT2D eigenvalue weighted by Gasteiger charge is 2.47. The lowest BCUT2D eigenvalue weighted by molar-refractivity contribution is -0.253. The van der Waals surface area contributed by atoms with E-state index in [1.165, 1.54) is 20.8 Å². The average molecular weight is 241 g/mol. The lowest BCUT2D eigenvalue weighted by Gasteiger charge is -2.31. The summed E-state index contributed by atoms with van der Waals surface area (Å²) in [6.07, 6.45) is -7.01. The minimum atomic E-state index is -4.70. The molecular formula is C8H14F3N3O2. The zero-order valence-electron chi connectivity index (χ0n) is 9.19. The van der Waals surface area contributed by atoms with Gasteiger partial charge in [-0.25, -0.2) is 0 Å². The molecule has 0 bridgehead atoms. The van der Waals surface area contributed by atoms with Crippen LogP contribution in [0.5, 0.6) is 0 Å². The number of aliphatic hydroxyl groups excluding tert-OH is 1. The topological polar surface area (TPSA) is 78.2 Å². The third-order valence-corrected chi connectivity index (χ3v) is 1.54. The van der Waals surface area contributed by atoms with Gasteiger partial charge in [-0.1, -0.05) is 5.11 Å². The highest BCUT2D eigenvalue weighted by Crippen LogP contribution is 2.30. The van der Waals surface area contributed by atoms with Crippen molar-refractivity contribution in [1.82, 2.24) is 0 Å². The number of alkyl halides is 3. The molecule has 0 aliphatic carbocycles. The summed E-state index contributed by atoms with van der Waals surface area (Å²) < 4.78 is 42.5. The fraction of sp³-hybridized carbons (Fsp3) is 1.00. The first kappa shape index (κ1) is 15.0. The summed E-state index contributed by atoms with van der Waals surface area (Å²) >= 11 is 0. The maximum atomic E-state index is 12.6. The number of hydrogen-bond acceptors (Lipinski definition) is 3. The normalized spacial score (nSPS) is 16.4. The maximum absolute atomic E-state index is 12.6. The van der Waals surface area contributed by atoms with E-state index in [2.05, 4.69) is 10.0 Å². The second-order valence-corrected chi connectivity index (χ2v) is 4.15. The first-order chi connectivity index (χ1) is 7.11. The van der Waals surface area contributed by atoms with Crippen molar-refractivity contribution < 1.29 is 23.0 Å². The van der Waals surface area contributed by atoms with Gasteiger partial charge in [-0.15, -0.1) is 0 Å². The number of ether oxygens (including phenoxy) is 1. The smallest absolute Gasteiger partial charge is 0.396 e. The van der Waals surface area contributed by atoms with Crippen LogP contribution in [0.3, 0.4) is 0 Å². The zero-order chi connectivity index (χ0) is 13.0. The third kappa shape index (κ3) is 5.20. The zero-order valence-corrected chi connectivity index (χ0v) is 9.19. The van der Waals surface area contributed by atoms with Gasteiger partial charge < -0.3 is 9.84 Å². The summed E-state index contributed by atoms with van der Waals surface area (Å²) in [7, 11) is 0. The second kappa shape index (κ2) is 5.38. The van der Waals surface area contributed by atoms with E-state index >= 15 is 0 Å². The van der Waals surface area contributed by atoms with Crippen LogP contribution >= 0.6 is 0 Å². The van der Waals surface area contributed by atoms with E-state index in [9.17, 15) is 13.2 Å². The van der Waals surface area contributed by atoms with Crippen molar-refractivity contribution in [2.75, 3.05) is 6.61 Å². The number of aliphatic hydroxyl groups is 1. The summed E-state index contributed by atoms with van der Waals surface area (Å²) in [6.45, 7) is 3.40. The molecule has 0 fully saturated rings. The number of azide groups is 1. The molecule has 0 amide bonds. The summed E-state index contributed by atoms with van der Waals surface area (Å²) in [5, 5.41) is 11.6. The standard InChI is InChI=1S/C8H14F3N3O2/c1-7(2,3)16-6(8(9,10)11)5(4-15)13-14-12/h5-6,15H,4H2,1-3H3/t5-,6-/m0/s1. The molecule has 5 nitrogen and oxygen atoms in total. The molecule has 0 aliphatic heterocycles. The lowest BCUT2D eigenvalue weighted by Crippen LogP contribution is -2.46. The van der Waals surface area contributed by atoms with Crippen molar-refractivity contribution in [2.45, 2.75) is 44.7 Å². The number of hydrogen-bond donors (Lipinski definition) is 1. The van der Waals surface area contributed by atoms with Gasteiger partial charge in [0.05, 0.1) is 18.2 Å². The molecule has 0 aromatic heterocycles. The Bertz CT molecular complexity index is 269. The Morgan fingerprint density at radius 1 is 1.38 bits per heavy atom. The molecule has 1 N–H and O–H groups in total. The van der Waals surface area contributed by atoms with Crippen molar-refractivity contribution in [1.29, 1.82) is 0 Å². The molecule has 94 valence electrons. The molecular weight excluding hydrogens is 227 g/mol. The van der Waals surface area contributed by atoms with Crippen LogP contribution in [0.15, 0.2) is 5.11 Å². The van der Waals surface area contributed by atoms with Crippen molar-refractivity contribution in [3.63, 3.8) is 0 Å². The predicted octanol–water partition coefficient (Wildman–Crippen LogP) is 2.40. The molecule has 0 aromatic carbocycles. The van der Waals surface area contributed by atoms with Crippen LogP contribution < -0.4 is 0 Å². The minimum absolute atomic E-state index is 0.926. The van der Waals surface area contributed by atoms with Gasteiger partial charge in [0.25, 0.3) is 0 Å². The van der Waals surface area contributed by atoms with Gasteiger partial charge in [0.15, 0.2) is 6.10 Å². The Morgan fingerprint density at radius 2 is 1.88 bits per heavy atom. The fourth-order valence-corrected chi connectivity index (χ4v) is 1.00. The molecule has 0 unspecified atom stereocenters. The van der Waals surface area contributed by atoms with E-state index in [0.717, 1.165) is 0 Å². The van der Waals surface area contributed by atoms with Crippen molar-refractivity contribution in [3.8, 4) is 0 Å². The average Bonchev–Trinajstić information content (AvgIpc) is 2.07. The van der Waals surface area contributed by atoms with Gasteiger partial charge in [-0.05, 0) is 26.3 Å². The second-order valence-electron chi connectivity index (χ2n) is 4.15. The highest BCUT2D eigenvalue weighted by atomic mass is 19.4. The predicted molar refractivity (Wildman–Crippen MR) is 50.7 cm³/mol.